The predicted octanol–water partition coefficient (Wildman–Crippen LogP) is 1.48. The van der Waals surface area contributed by atoms with Crippen LogP contribution in [0.3, 0.4) is 0 Å². The highest BCUT2D eigenvalue weighted by atomic mass is 16.5. The second kappa shape index (κ2) is 4.86. The number of amides is 1. The molecule has 0 saturated carbocycles. The van der Waals surface area contributed by atoms with Crippen molar-refractivity contribution in [1.82, 2.24) is 14.7 Å². The van der Waals surface area contributed by atoms with Crippen molar-refractivity contribution in [2.75, 3.05) is 5.32 Å². The van der Waals surface area contributed by atoms with Crippen molar-refractivity contribution in [1.29, 1.82) is 0 Å². The van der Waals surface area contributed by atoms with Gasteiger partial charge in [0.2, 0.25) is 0 Å². The van der Waals surface area contributed by atoms with E-state index in [-0.39, 0.29) is 17.1 Å². The molecule has 1 N–H and O–H groups in total. The number of carbonyl (C=O) groups is 1. The maximum atomic E-state index is 12.3. The molecule has 21 heavy (non-hydrogen) atoms. The van der Waals surface area contributed by atoms with Crippen LogP contribution in [-0.2, 0) is 7.05 Å². The van der Waals surface area contributed by atoms with Gasteiger partial charge in [0.25, 0.3) is 11.5 Å². The number of rotatable bonds is 2. The van der Waals surface area contributed by atoms with Crippen LogP contribution in [0.25, 0.3) is 10.9 Å². The fourth-order valence-corrected chi connectivity index (χ4v) is 2.11. The third-order valence-electron chi connectivity index (χ3n) is 3.15. The number of para-hydroxylation sites is 1. The fraction of sp³-hybridized carbons (Fsp3) is 0.143. The Labute approximate surface area is 119 Å². The molecule has 0 fully saturated rings. The van der Waals surface area contributed by atoms with Gasteiger partial charge in [-0.05, 0) is 13.0 Å². The topological polar surface area (TPSA) is 90.0 Å². The molecule has 3 aromatic rings. The van der Waals surface area contributed by atoms with Gasteiger partial charge in [0.15, 0.2) is 5.82 Å². The standard InChI is InChI=1S/C14H12N4O3/c1-8-15-14(21-17-8)16-13(20)10-7-12(19)18(2)11-6-4-3-5-9(10)11/h3-7H,1-2H3,(H,15,16,17,20). The van der Waals surface area contributed by atoms with Crippen LogP contribution in [-0.4, -0.2) is 20.6 Å². The van der Waals surface area contributed by atoms with E-state index in [0.717, 1.165) is 0 Å². The third kappa shape index (κ3) is 2.29. The molecule has 0 unspecified atom stereocenters. The quantitative estimate of drug-likeness (QED) is 0.769. The molecule has 7 nitrogen and oxygen atoms in total. The van der Waals surface area contributed by atoms with Crippen LogP contribution in [0.2, 0.25) is 0 Å². The van der Waals surface area contributed by atoms with E-state index in [1.165, 1.54) is 10.6 Å². The Morgan fingerprint density at radius 1 is 1.33 bits per heavy atom. The molecule has 0 aliphatic carbocycles. The summed E-state index contributed by atoms with van der Waals surface area (Å²) in [4.78, 5) is 28.2. The Kier molecular flexibility index (Phi) is 3.02. The number of benzene rings is 1. The lowest BCUT2D eigenvalue weighted by Gasteiger charge is -2.08. The zero-order valence-corrected chi connectivity index (χ0v) is 11.5. The average Bonchev–Trinajstić information content (AvgIpc) is 2.88. The molecule has 0 atom stereocenters. The van der Waals surface area contributed by atoms with E-state index in [1.54, 1.807) is 32.2 Å². The van der Waals surface area contributed by atoms with Gasteiger partial charge in [0, 0.05) is 18.5 Å². The molecule has 0 saturated heterocycles. The minimum atomic E-state index is -0.465. The molecular formula is C14H12N4O3. The van der Waals surface area contributed by atoms with E-state index in [1.807, 2.05) is 6.07 Å². The van der Waals surface area contributed by atoms with Crippen LogP contribution < -0.4 is 10.9 Å². The minimum absolute atomic E-state index is 0.00209. The smallest absolute Gasteiger partial charge is 0.315 e. The third-order valence-corrected chi connectivity index (χ3v) is 3.15. The first-order valence-corrected chi connectivity index (χ1v) is 6.26. The number of fused-ring (bicyclic) bond motifs is 1. The number of anilines is 1. The van der Waals surface area contributed by atoms with Crippen molar-refractivity contribution < 1.29 is 9.32 Å². The van der Waals surface area contributed by atoms with Gasteiger partial charge in [-0.15, -0.1) is 0 Å². The SMILES string of the molecule is Cc1noc(NC(=O)c2cc(=O)n(C)c3ccccc23)n1. The van der Waals surface area contributed by atoms with Gasteiger partial charge < -0.3 is 9.09 Å². The molecule has 2 aromatic heterocycles. The molecule has 1 amide bonds. The summed E-state index contributed by atoms with van der Waals surface area (Å²) < 4.78 is 6.34. The number of hydrogen-bond acceptors (Lipinski definition) is 5. The summed E-state index contributed by atoms with van der Waals surface area (Å²) >= 11 is 0. The van der Waals surface area contributed by atoms with Gasteiger partial charge in [-0.3, -0.25) is 14.9 Å². The van der Waals surface area contributed by atoms with Gasteiger partial charge in [-0.25, -0.2) is 0 Å². The summed E-state index contributed by atoms with van der Waals surface area (Å²) in [6, 6.07) is 8.47. The predicted molar refractivity (Wildman–Crippen MR) is 76.2 cm³/mol. The lowest BCUT2D eigenvalue weighted by molar-refractivity contribution is 0.102. The van der Waals surface area contributed by atoms with Gasteiger partial charge in [0.05, 0.1) is 11.1 Å². The molecule has 0 spiro atoms. The minimum Gasteiger partial charge on any atom is -0.315 e. The zero-order chi connectivity index (χ0) is 15.0. The highest BCUT2D eigenvalue weighted by Crippen LogP contribution is 2.17. The lowest BCUT2D eigenvalue weighted by atomic mass is 10.1. The second-order valence-corrected chi connectivity index (χ2v) is 4.57. The Morgan fingerprint density at radius 3 is 2.81 bits per heavy atom. The molecule has 3 rings (SSSR count). The van der Waals surface area contributed by atoms with Gasteiger partial charge in [0.1, 0.15) is 0 Å². The fourth-order valence-electron chi connectivity index (χ4n) is 2.11. The van der Waals surface area contributed by atoms with Crippen molar-refractivity contribution in [2.24, 2.45) is 7.05 Å². The van der Waals surface area contributed by atoms with E-state index in [9.17, 15) is 9.59 Å². The Balaban J connectivity index is 2.09. The molecule has 0 bridgehead atoms. The number of aromatic nitrogens is 3. The maximum absolute atomic E-state index is 12.3. The van der Waals surface area contributed by atoms with Crippen molar-refractivity contribution in [3.05, 3.63) is 52.1 Å². The van der Waals surface area contributed by atoms with Crippen LogP contribution in [0.1, 0.15) is 16.2 Å². The van der Waals surface area contributed by atoms with E-state index >= 15 is 0 Å². The second-order valence-electron chi connectivity index (χ2n) is 4.57. The number of hydrogen-bond donors (Lipinski definition) is 1. The maximum Gasteiger partial charge on any atom is 0.328 e. The van der Waals surface area contributed by atoms with Crippen LogP contribution >= 0.6 is 0 Å². The Bertz CT molecular complexity index is 895. The first kappa shape index (κ1) is 13.0. The van der Waals surface area contributed by atoms with Gasteiger partial charge in [-0.2, -0.15) is 4.98 Å². The van der Waals surface area contributed by atoms with Crippen LogP contribution in [0.15, 0.2) is 39.6 Å². The van der Waals surface area contributed by atoms with Crippen LogP contribution in [0.4, 0.5) is 6.01 Å². The van der Waals surface area contributed by atoms with E-state index < -0.39 is 5.91 Å². The molecule has 0 radical (unpaired) electrons. The highest BCUT2D eigenvalue weighted by Gasteiger charge is 2.15. The highest BCUT2D eigenvalue weighted by molar-refractivity contribution is 6.11. The number of aryl methyl sites for hydroxylation is 2. The lowest BCUT2D eigenvalue weighted by Crippen LogP contribution is -2.21. The molecule has 7 heteroatoms. The monoisotopic (exact) mass is 284 g/mol. The van der Waals surface area contributed by atoms with E-state index in [0.29, 0.717) is 16.7 Å². The average molecular weight is 284 g/mol. The van der Waals surface area contributed by atoms with E-state index in [2.05, 4.69) is 15.5 Å². The molecule has 0 aliphatic heterocycles. The number of pyridine rings is 1. The summed E-state index contributed by atoms with van der Waals surface area (Å²) in [5.41, 5.74) is 0.682. The van der Waals surface area contributed by atoms with Gasteiger partial charge in [-0.1, -0.05) is 23.4 Å². The normalized spacial score (nSPS) is 10.8. The molecule has 1 aromatic carbocycles. The summed E-state index contributed by atoms with van der Waals surface area (Å²) in [6.07, 6.45) is 0. The zero-order valence-electron chi connectivity index (χ0n) is 11.5. The number of nitrogens with one attached hydrogen (secondary N) is 1. The summed E-state index contributed by atoms with van der Waals surface area (Å²) in [6.45, 7) is 1.65. The first-order valence-electron chi connectivity index (χ1n) is 6.26. The van der Waals surface area contributed by atoms with E-state index in [4.69, 9.17) is 4.52 Å². The van der Waals surface area contributed by atoms with Crippen molar-refractivity contribution in [2.45, 2.75) is 6.92 Å². The van der Waals surface area contributed by atoms with Crippen molar-refractivity contribution >= 4 is 22.8 Å². The molecule has 106 valence electrons. The van der Waals surface area contributed by atoms with Crippen molar-refractivity contribution in [3.63, 3.8) is 0 Å². The summed E-state index contributed by atoms with van der Waals surface area (Å²) in [7, 11) is 1.66. The van der Waals surface area contributed by atoms with Crippen LogP contribution in [0, 0.1) is 6.92 Å². The molecular weight excluding hydrogens is 272 g/mol. The number of carbonyl (C=O) groups excluding carboxylic acids is 1. The Morgan fingerprint density at radius 2 is 2.10 bits per heavy atom. The van der Waals surface area contributed by atoms with Gasteiger partial charge >= 0.3 is 6.01 Å². The Hall–Kier alpha value is -2.96. The first-order chi connectivity index (χ1) is 10.1. The van der Waals surface area contributed by atoms with Crippen LogP contribution in [0.5, 0.6) is 0 Å². The summed E-state index contributed by atoms with van der Waals surface area (Å²) in [5.74, 6) is -0.0494. The summed E-state index contributed by atoms with van der Waals surface area (Å²) in [5, 5.41) is 6.76. The number of nitrogens with zero attached hydrogens (tertiary/aromatic N) is 3. The molecule has 0 aliphatic rings. The van der Waals surface area contributed by atoms with Crippen molar-refractivity contribution in [3.8, 4) is 0 Å². The molecule has 2 heterocycles. The largest absolute Gasteiger partial charge is 0.328 e.